The largest absolute Gasteiger partial charge is 0.308 e. The Kier molecular flexibility index (Phi) is 7.19. The van der Waals surface area contributed by atoms with Crippen LogP contribution in [0.5, 0.6) is 0 Å². The van der Waals surface area contributed by atoms with Gasteiger partial charge >= 0.3 is 0 Å². The van der Waals surface area contributed by atoms with Crippen molar-refractivity contribution in [2.75, 3.05) is 30.3 Å². The molecule has 2 aliphatic rings. The smallest absolute Gasteiger partial charge is 0.249 e. The quantitative estimate of drug-likeness (QED) is 0.366. The highest BCUT2D eigenvalue weighted by molar-refractivity contribution is 5.99. The molecule has 1 saturated carbocycles. The van der Waals surface area contributed by atoms with Crippen LogP contribution in [0.3, 0.4) is 0 Å². The Labute approximate surface area is 217 Å². The first kappa shape index (κ1) is 24.9. The van der Waals surface area contributed by atoms with E-state index in [9.17, 15) is 9.59 Å². The zero-order valence-electron chi connectivity index (χ0n) is 21.5. The number of pyridine rings is 1. The summed E-state index contributed by atoms with van der Waals surface area (Å²) in [5.74, 6) is 1.30. The third-order valence-electron chi connectivity index (χ3n) is 7.19. The van der Waals surface area contributed by atoms with Gasteiger partial charge in [-0.25, -0.2) is 4.98 Å². The topological polar surface area (TPSA) is 103 Å². The second kappa shape index (κ2) is 10.7. The summed E-state index contributed by atoms with van der Waals surface area (Å²) >= 11 is 0. The summed E-state index contributed by atoms with van der Waals surface area (Å²) in [6.45, 7) is 6.81. The summed E-state index contributed by atoms with van der Waals surface area (Å²) in [6.07, 6.45) is 10.0. The van der Waals surface area contributed by atoms with Crippen LogP contribution >= 0.6 is 0 Å². The first-order valence-corrected chi connectivity index (χ1v) is 13.0. The minimum absolute atomic E-state index is 0.118. The zero-order chi connectivity index (χ0) is 25.8. The maximum atomic E-state index is 13.1. The summed E-state index contributed by atoms with van der Waals surface area (Å²) < 4.78 is 0. The average molecular weight is 499 g/mol. The molecule has 37 heavy (non-hydrogen) atoms. The maximum Gasteiger partial charge on any atom is 0.249 e. The normalized spacial score (nSPS) is 16.3. The van der Waals surface area contributed by atoms with Gasteiger partial charge in [0.25, 0.3) is 0 Å². The number of rotatable bonds is 9. The molecule has 1 aliphatic carbocycles. The third-order valence-corrected chi connectivity index (χ3v) is 7.19. The van der Waals surface area contributed by atoms with Crippen molar-refractivity contribution in [2.24, 2.45) is 0 Å². The van der Waals surface area contributed by atoms with Gasteiger partial charge in [0.1, 0.15) is 5.82 Å². The number of hydrogen-bond acceptors (Lipinski definition) is 5. The van der Waals surface area contributed by atoms with Crippen LogP contribution in [0.15, 0.2) is 60.8 Å². The molecule has 5 rings (SSSR count). The lowest BCUT2D eigenvalue weighted by Crippen LogP contribution is -2.34. The van der Waals surface area contributed by atoms with E-state index in [4.69, 9.17) is 0 Å². The molecule has 0 unspecified atom stereocenters. The van der Waals surface area contributed by atoms with E-state index >= 15 is 0 Å². The van der Waals surface area contributed by atoms with E-state index in [0.29, 0.717) is 17.6 Å². The van der Waals surface area contributed by atoms with Gasteiger partial charge in [0.05, 0.1) is 5.41 Å². The molecule has 0 spiro atoms. The molecule has 0 radical (unpaired) electrons. The van der Waals surface area contributed by atoms with Gasteiger partial charge in [-0.1, -0.05) is 30.3 Å². The van der Waals surface area contributed by atoms with Crippen molar-refractivity contribution < 1.29 is 9.59 Å². The highest BCUT2D eigenvalue weighted by Gasteiger charge is 2.31. The van der Waals surface area contributed by atoms with Crippen LogP contribution in [0, 0.1) is 0 Å². The van der Waals surface area contributed by atoms with Crippen LogP contribution in [-0.4, -0.2) is 51.5 Å². The fourth-order valence-corrected chi connectivity index (χ4v) is 4.58. The zero-order valence-corrected chi connectivity index (χ0v) is 21.5. The molecule has 2 fully saturated rings. The predicted octanol–water partition coefficient (Wildman–Crippen LogP) is 4.86. The fraction of sp³-hybridized carbons (Fsp3) is 0.379. The highest BCUT2D eigenvalue weighted by Crippen LogP contribution is 2.39. The lowest BCUT2D eigenvalue weighted by atomic mass is 9.82. The van der Waals surface area contributed by atoms with Gasteiger partial charge in [-0.15, -0.1) is 0 Å². The Hall–Kier alpha value is -3.78. The number of amides is 2. The number of benzene rings is 1. The number of carbonyl (C=O) groups excluding carboxylic acids is 2. The highest BCUT2D eigenvalue weighted by atomic mass is 16.2. The Morgan fingerprint density at radius 3 is 2.59 bits per heavy atom. The molecule has 2 amide bonds. The molecular formula is C29H34N6O2. The molecule has 3 N–H and O–H groups in total. The maximum absolute atomic E-state index is 13.1. The summed E-state index contributed by atoms with van der Waals surface area (Å²) in [5.41, 5.74) is 3.06. The number of carbonyl (C=O) groups is 2. The van der Waals surface area contributed by atoms with Crippen molar-refractivity contribution in [1.82, 2.24) is 20.1 Å². The Morgan fingerprint density at radius 1 is 1.05 bits per heavy atom. The molecule has 1 saturated heterocycles. The number of aromatic amines is 1. The van der Waals surface area contributed by atoms with Crippen LogP contribution in [0.4, 0.5) is 11.6 Å². The summed E-state index contributed by atoms with van der Waals surface area (Å²) in [7, 11) is 0. The molecule has 1 aliphatic heterocycles. The summed E-state index contributed by atoms with van der Waals surface area (Å²) in [6, 6.07) is 13.5. The van der Waals surface area contributed by atoms with Crippen molar-refractivity contribution in [2.45, 2.75) is 50.9 Å². The standard InChI is InChI=1S/C29H34N6O2/c1-29(2,28(37)32-26-18-24(33-34-26)20-10-11-20)23-8-5-7-21(17-23)22-12-13-25(30-19-22)31-27(36)9-6-16-35-14-3-4-15-35/h5-9,12-13,17-20H,3-4,10-11,14-16H2,1-2H3,(H,30,31,36)(H2,32,33,34,37). The first-order valence-electron chi connectivity index (χ1n) is 13.0. The van der Waals surface area contributed by atoms with Gasteiger partial charge in [0.15, 0.2) is 5.82 Å². The van der Waals surface area contributed by atoms with Crippen molar-refractivity contribution in [3.63, 3.8) is 0 Å². The number of H-pyrrole nitrogens is 1. The van der Waals surface area contributed by atoms with Crippen molar-refractivity contribution >= 4 is 23.5 Å². The minimum Gasteiger partial charge on any atom is -0.308 e. The van der Waals surface area contributed by atoms with Gasteiger partial charge in [0.2, 0.25) is 11.8 Å². The molecule has 8 nitrogen and oxygen atoms in total. The van der Waals surface area contributed by atoms with Crippen LogP contribution in [0.1, 0.15) is 56.7 Å². The second-order valence-electron chi connectivity index (χ2n) is 10.5. The van der Waals surface area contributed by atoms with E-state index in [1.54, 1.807) is 18.3 Å². The number of anilines is 2. The lowest BCUT2D eigenvalue weighted by Gasteiger charge is -2.24. The molecule has 3 aromatic rings. The summed E-state index contributed by atoms with van der Waals surface area (Å²) in [5, 5.41) is 13.1. The molecule has 2 aromatic heterocycles. The Morgan fingerprint density at radius 2 is 1.86 bits per heavy atom. The number of likely N-dealkylation sites (tertiary alicyclic amines) is 1. The van der Waals surface area contributed by atoms with Gasteiger partial charge in [0, 0.05) is 42.1 Å². The molecular weight excluding hydrogens is 464 g/mol. The molecule has 3 heterocycles. The van der Waals surface area contributed by atoms with Gasteiger partial charge in [-0.3, -0.25) is 19.6 Å². The van der Waals surface area contributed by atoms with Crippen molar-refractivity contribution in [3.8, 4) is 11.1 Å². The second-order valence-corrected chi connectivity index (χ2v) is 10.5. The SMILES string of the molecule is CC(C)(C(=O)Nc1cc(C2CC2)[nH]n1)c1cccc(-c2ccc(NC(=O)C=CCN3CCCC3)nc2)c1. The van der Waals surface area contributed by atoms with Gasteiger partial charge in [-0.05, 0) is 75.9 Å². The van der Waals surface area contributed by atoms with E-state index in [2.05, 4.69) is 30.7 Å². The van der Waals surface area contributed by atoms with Crippen LogP contribution < -0.4 is 10.6 Å². The third kappa shape index (κ3) is 6.14. The average Bonchev–Trinajstić information content (AvgIpc) is 3.41. The number of aromatic nitrogens is 3. The Balaban J connectivity index is 1.21. The molecule has 192 valence electrons. The molecule has 0 bridgehead atoms. The van der Waals surface area contributed by atoms with Crippen LogP contribution in [0.25, 0.3) is 11.1 Å². The first-order chi connectivity index (χ1) is 17.9. The van der Waals surface area contributed by atoms with E-state index < -0.39 is 5.41 Å². The predicted molar refractivity (Wildman–Crippen MR) is 145 cm³/mol. The van der Waals surface area contributed by atoms with Crippen molar-refractivity contribution in [3.05, 3.63) is 72.1 Å². The summed E-state index contributed by atoms with van der Waals surface area (Å²) in [4.78, 5) is 32.1. The molecule has 1 aromatic carbocycles. The minimum atomic E-state index is -0.766. The fourth-order valence-electron chi connectivity index (χ4n) is 4.58. The Bertz CT molecular complexity index is 1280. The number of nitrogens with zero attached hydrogens (tertiary/aromatic N) is 3. The van der Waals surface area contributed by atoms with Crippen molar-refractivity contribution in [1.29, 1.82) is 0 Å². The number of nitrogens with one attached hydrogen (secondary N) is 3. The lowest BCUT2D eigenvalue weighted by molar-refractivity contribution is -0.120. The number of hydrogen-bond donors (Lipinski definition) is 3. The van der Waals surface area contributed by atoms with Gasteiger partial charge < -0.3 is 10.6 Å². The van der Waals surface area contributed by atoms with E-state index in [0.717, 1.165) is 42.0 Å². The molecule has 0 atom stereocenters. The van der Waals surface area contributed by atoms with E-state index in [-0.39, 0.29) is 11.8 Å². The van der Waals surface area contributed by atoms with Crippen LogP contribution in [0.2, 0.25) is 0 Å². The van der Waals surface area contributed by atoms with Crippen LogP contribution in [-0.2, 0) is 15.0 Å². The molecule has 8 heteroatoms. The van der Waals surface area contributed by atoms with Gasteiger partial charge in [-0.2, -0.15) is 5.10 Å². The van der Waals surface area contributed by atoms with E-state index in [1.165, 1.54) is 25.7 Å². The van der Waals surface area contributed by atoms with E-state index in [1.807, 2.05) is 56.3 Å². The monoisotopic (exact) mass is 498 g/mol.